The first kappa shape index (κ1) is 13.1. The van der Waals surface area contributed by atoms with Crippen molar-refractivity contribution < 1.29 is 9.13 Å². The van der Waals surface area contributed by atoms with E-state index in [0.717, 1.165) is 25.2 Å². The molecule has 1 fully saturated rings. The molecule has 4 heteroatoms. The van der Waals surface area contributed by atoms with Crippen LogP contribution in [-0.4, -0.2) is 33.3 Å². The highest BCUT2D eigenvalue weighted by atomic mass is 19.1. The molecule has 1 aromatic carbocycles. The Kier molecular flexibility index (Phi) is 4.07. The summed E-state index contributed by atoms with van der Waals surface area (Å²) >= 11 is 0. The highest BCUT2D eigenvalue weighted by Crippen LogP contribution is 2.32. The third-order valence-electron chi connectivity index (χ3n) is 3.76. The van der Waals surface area contributed by atoms with Gasteiger partial charge in [0.25, 0.3) is 0 Å². The Morgan fingerprint density at radius 1 is 1.44 bits per heavy atom. The number of ether oxygens (including phenoxy) is 1. The molecule has 2 atom stereocenters. The number of nitrogens with one attached hydrogen (secondary N) is 1. The lowest BCUT2D eigenvalue weighted by molar-refractivity contribution is 0.335. The first-order valence-corrected chi connectivity index (χ1v) is 6.41. The zero-order chi connectivity index (χ0) is 13.1. The molecule has 2 rings (SSSR count). The SMILES string of the molecule is CNC1CCN(c2ccc(F)cc2OC)CC1C. The van der Waals surface area contributed by atoms with Crippen LogP contribution in [0, 0.1) is 11.7 Å². The summed E-state index contributed by atoms with van der Waals surface area (Å²) in [5.74, 6) is 0.928. The van der Waals surface area contributed by atoms with Crippen LogP contribution in [0.4, 0.5) is 10.1 Å². The highest BCUT2D eigenvalue weighted by Gasteiger charge is 2.26. The summed E-state index contributed by atoms with van der Waals surface area (Å²) in [6, 6.07) is 5.31. The van der Waals surface area contributed by atoms with Gasteiger partial charge in [-0.15, -0.1) is 0 Å². The number of halogens is 1. The maximum absolute atomic E-state index is 13.2. The van der Waals surface area contributed by atoms with Gasteiger partial charge in [-0.05, 0) is 31.5 Å². The second-order valence-electron chi connectivity index (χ2n) is 4.92. The summed E-state index contributed by atoms with van der Waals surface area (Å²) in [7, 11) is 3.59. The fraction of sp³-hybridized carbons (Fsp3) is 0.571. The van der Waals surface area contributed by atoms with Crippen molar-refractivity contribution in [1.82, 2.24) is 5.32 Å². The van der Waals surface area contributed by atoms with Crippen LogP contribution in [0.15, 0.2) is 18.2 Å². The first-order valence-electron chi connectivity index (χ1n) is 6.41. The third kappa shape index (κ3) is 2.58. The van der Waals surface area contributed by atoms with Crippen molar-refractivity contribution in [3.8, 4) is 5.75 Å². The zero-order valence-electron chi connectivity index (χ0n) is 11.2. The number of benzene rings is 1. The molecule has 2 unspecified atom stereocenters. The summed E-state index contributed by atoms with van der Waals surface area (Å²) in [6.45, 7) is 4.18. The minimum absolute atomic E-state index is 0.256. The van der Waals surface area contributed by atoms with Gasteiger partial charge < -0.3 is 15.0 Å². The monoisotopic (exact) mass is 252 g/mol. The van der Waals surface area contributed by atoms with Gasteiger partial charge in [0, 0.05) is 25.2 Å². The third-order valence-corrected chi connectivity index (χ3v) is 3.76. The molecule has 0 aromatic heterocycles. The Bertz CT molecular complexity index is 411. The van der Waals surface area contributed by atoms with E-state index in [1.165, 1.54) is 12.1 Å². The molecule has 18 heavy (non-hydrogen) atoms. The van der Waals surface area contributed by atoms with E-state index in [0.29, 0.717) is 17.7 Å². The van der Waals surface area contributed by atoms with E-state index in [4.69, 9.17) is 4.74 Å². The molecule has 1 heterocycles. The van der Waals surface area contributed by atoms with Gasteiger partial charge in [-0.1, -0.05) is 6.92 Å². The number of piperidine rings is 1. The van der Waals surface area contributed by atoms with Crippen molar-refractivity contribution in [2.45, 2.75) is 19.4 Å². The van der Waals surface area contributed by atoms with Crippen LogP contribution < -0.4 is 15.0 Å². The van der Waals surface area contributed by atoms with Crippen molar-refractivity contribution in [1.29, 1.82) is 0 Å². The lowest BCUT2D eigenvalue weighted by Crippen LogP contribution is -2.47. The van der Waals surface area contributed by atoms with Crippen LogP contribution in [0.1, 0.15) is 13.3 Å². The second-order valence-corrected chi connectivity index (χ2v) is 4.92. The molecule has 1 aliphatic heterocycles. The molecule has 0 saturated carbocycles. The van der Waals surface area contributed by atoms with Crippen LogP contribution in [0.5, 0.6) is 5.75 Å². The van der Waals surface area contributed by atoms with E-state index in [1.54, 1.807) is 13.2 Å². The number of rotatable bonds is 3. The van der Waals surface area contributed by atoms with Gasteiger partial charge in [0.1, 0.15) is 11.6 Å². The van der Waals surface area contributed by atoms with Crippen molar-refractivity contribution in [2.24, 2.45) is 5.92 Å². The summed E-state index contributed by atoms with van der Waals surface area (Å²) in [6.07, 6.45) is 1.10. The van der Waals surface area contributed by atoms with Gasteiger partial charge in [0.05, 0.1) is 12.8 Å². The van der Waals surface area contributed by atoms with Crippen LogP contribution in [0.2, 0.25) is 0 Å². The Hall–Kier alpha value is -1.29. The minimum atomic E-state index is -0.256. The summed E-state index contributed by atoms with van der Waals surface area (Å²) < 4.78 is 18.5. The quantitative estimate of drug-likeness (QED) is 0.893. The van der Waals surface area contributed by atoms with Gasteiger partial charge in [-0.2, -0.15) is 0 Å². The van der Waals surface area contributed by atoms with E-state index in [9.17, 15) is 4.39 Å². The Labute approximate surface area is 108 Å². The largest absolute Gasteiger partial charge is 0.494 e. The van der Waals surface area contributed by atoms with Crippen molar-refractivity contribution in [3.05, 3.63) is 24.0 Å². The second kappa shape index (κ2) is 5.57. The molecule has 1 N–H and O–H groups in total. The lowest BCUT2D eigenvalue weighted by Gasteiger charge is -2.38. The number of hydrogen-bond donors (Lipinski definition) is 1. The molecule has 0 bridgehead atoms. The molecule has 0 spiro atoms. The predicted octanol–water partition coefficient (Wildman–Crippen LogP) is 2.27. The average molecular weight is 252 g/mol. The molecular formula is C14H21FN2O. The minimum Gasteiger partial charge on any atom is -0.494 e. The van der Waals surface area contributed by atoms with E-state index in [2.05, 4.69) is 17.1 Å². The maximum atomic E-state index is 13.2. The lowest BCUT2D eigenvalue weighted by atomic mass is 9.93. The Balaban J connectivity index is 2.17. The van der Waals surface area contributed by atoms with Gasteiger partial charge in [-0.25, -0.2) is 4.39 Å². The molecular weight excluding hydrogens is 231 g/mol. The smallest absolute Gasteiger partial charge is 0.145 e. The van der Waals surface area contributed by atoms with Gasteiger partial charge in [0.2, 0.25) is 0 Å². The van der Waals surface area contributed by atoms with Gasteiger partial charge >= 0.3 is 0 Å². The summed E-state index contributed by atoms with van der Waals surface area (Å²) in [5, 5.41) is 3.35. The molecule has 3 nitrogen and oxygen atoms in total. The molecule has 0 aliphatic carbocycles. The van der Waals surface area contributed by atoms with E-state index < -0.39 is 0 Å². The zero-order valence-corrected chi connectivity index (χ0v) is 11.2. The summed E-state index contributed by atoms with van der Waals surface area (Å²) in [4.78, 5) is 2.27. The standard InChI is InChI=1S/C14H21FN2O/c1-10-9-17(7-6-12(10)16-2)13-5-4-11(15)8-14(13)18-3/h4-5,8,10,12,16H,6-7,9H2,1-3H3. The molecule has 0 radical (unpaired) electrons. The Morgan fingerprint density at radius 3 is 2.83 bits per heavy atom. The molecule has 1 aromatic rings. The van der Waals surface area contributed by atoms with Crippen molar-refractivity contribution >= 4 is 5.69 Å². The van der Waals surface area contributed by atoms with Crippen LogP contribution in [0.3, 0.4) is 0 Å². The number of nitrogens with zero attached hydrogens (tertiary/aromatic N) is 1. The van der Waals surface area contributed by atoms with Gasteiger partial charge in [-0.3, -0.25) is 0 Å². The van der Waals surface area contributed by atoms with E-state index in [1.807, 2.05) is 7.05 Å². The number of methoxy groups -OCH3 is 1. The summed E-state index contributed by atoms with van der Waals surface area (Å²) in [5.41, 5.74) is 0.986. The number of hydrogen-bond acceptors (Lipinski definition) is 3. The predicted molar refractivity (Wildman–Crippen MR) is 71.8 cm³/mol. The number of anilines is 1. The molecule has 1 saturated heterocycles. The topological polar surface area (TPSA) is 24.5 Å². The first-order chi connectivity index (χ1) is 8.65. The van der Waals surface area contributed by atoms with E-state index >= 15 is 0 Å². The van der Waals surface area contributed by atoms with Gasteiger partial charge in [0.15, 0.2) is 0 Å². The normalized spacial score (nSPS) is 24.1. The Morgan fingerprint density at radius 2 is 2.22 bits per heavy atom. The molecule has 0 amide bonds. The van der Waals surface area contributed by atoms with Crippen LogP contribution in [-0.2, 0) is 0 Å². The van der Waals surface area contributed by atoms with Crippen molar-refractivity contribution in [3.63, 3.8) is 0 Å². The fourth-order valence-corrected chi connectivity index (χ4v) is 2.71. The maximum Gasteiger partial charge on any atom is 0.145 e. The van der Waals surface area contributed by atoms with E-state index in [-0.39, 0.29) is 5.82 Å². The average Bonchev–Trinajstić information content (AvgIpc) is 2.38. The molecule has 1 aliphatic rings. The van der Waals surface area contributed by atoms with Crippen molar-refractivity contribution in [2.75, 3.05) is 32.1 Å². The van der Waals surface area contributed by atoms with Crippen LogP contribution >= 0.6 is 0 Å². The molecule has 100 valence electrons. The highest BCUT2D eigenvalue weighted by molar-refractivity contribution is 5.59. The fourth-order valence-electron chi connectivity index (χ4n) is 2.71. The van der Waals surface area contributed by atoms with Crippen LogP contribution in [0.25, 0.3) is 0 Å².